The second kappa shape index (κ2) is 7.84. The minimum Gasteiger partial charge on any atom is -0.380 e. The second-order valence-corrected chi connectivity index (χ2v) is 5.76. The molecule has 0 bridgehead atoms. The van der Waals surface area contributed by atoms with E-state index in [1.807, 2.05) is 0 Å². The third-order valence-electron chi connectivity index (χ3n) is 3.51. The van der Waals surface area contributed by atoms with Gasteiger partial charge in [0.1, 0.15) is 10.8 Å². The van der Waals surface area contributed by atoms with Crippen molar-refractivity contribution in [3.8, 4) is 0 Å². The Labute approximate surface area is 148 Å². The Hall–Kier alpha value is -2.12. The van der Waals surface area contributed by atoms with Crippen LogP contribution in [0.1, 0.15) is 40.1 Å². The van der Waals surface area contributed by atoms with Crippen LogP contribution in [0.4, 0.5) is 13.2 Å². The Morgan fingerprint density at radius 1 is 1.24 bits per heavy atom. The lowest BCUT2D eigenvalue weighted by Crippen LogP contribution is -2.27. The van der Waals surface area contributed by atoms with Crippen LogP contribution in [0, 0.1) is 0 Å². The van der Waals surface area contributed by atoms with Crippen molar-refractivity contribution in [1.82, 2.24) is 10.3 Å². The quantitative estimate of drug-likeness (QED) is 0.792. The van der Waals surface area contributed by atoms with Gasteiger partial charge in [0.15, 0.2) is 0 Å². The predicted octanol–water partition coefficient (Wildman–Crippen LogP) is 4.39. The number of carbonyl (C=O) groups excluding carboxylic acids is 1. The van der Waals surface area contributed by atoms with E-state index in [9.17, 15) is 18.0 Å². The van der Waals surface area contributed by atoms with Gasteiger partial charge in [-0.3, -0.25) is 4.79 Å². The number of amides is 1. The number of carbonyl (C=O) groups is 1. The van der Waals surface area contributed by atoms with Crippen molar-refractivity contribution in [3.05, 3.63) is 63.9 Å². The van der Waals surface area contributed by atoms with E-state index in [0.717, 1.165) is 11.6 Å². The number of rotatable bonds is 5. The zero-order valence-electron chi connectivity index (χ0n) is 13.5. The number of halogens is 4. The van der Waals surface area contributed by atoms with Gasteiger partial charge in [-0.15, -0.1) is 0 Å². The molecule has 1 atom stereocenters. The molecular formula is C17H16ClF3N2O2. The molecule has 1 unspecified atom stereocenters. The van der Waals surface area contributed by atoms with Crippen LogP contribution in [-0.2, 0) is 17.5 Å². The molecule has 0 saturated heterocycles. The van der Waals surface area contributed by atoms with Crippen molar-refractivity contribution in [2.75, 3.05) is 7.11 Å². The summed E-state index contributed by atoms with van der Waals surface area (Å²) in [6, 6.07) is 8.25. The monoisotopic (exact) mass is 372 g/mol. The van der Waals surface area contributed by atoms with E-state index in [0.29, 0.717) is 17.7 Å². The van der Waals surface area contributed by atoms with Crippen molar-refractivity contribution < 1.29 is 22.7 Å². The van der Waals surface area contributed by atoms with Crippen LogP contribution in [0.2, 0.25) is 5.15 Å². The van der Waals surface area contributed by atoms with Gasteiger partial charge in [0.05, 0.1) is 12.6 Å². The number of hydrogen-bond donors (Lipinski definition) is 1. The van der Waals surface area contributed by atoms with E-state index in [-0.39, 0.29) is 11.1 Å². The van der Waals surface area contributed by atoms with Crippen molar-refractivity contribution >= 4 is 17.5 Å². The summed E-state index contributed by atoms with van der Waals surface area (Å²) >= 11 is 5.84. The summed E-state index contributed by atoms with van der Waals surface area (Å²) in [7, 11) is 1.57. The molecule has 0 aliphatic heterocycles. The van der Waals surface area contributed by atoms with Gasteiger partial charge < -0.3 is 10.1 Å². The highest BCUT2D eigenvalue weighted by Gasteiger charge is 2.33. The normalized spacial score (nSPS) is 12.7. The summed E-state index contributed by atoms with van der Waals surface area (Å²) in [6.45, 7) is 2.05. The highest BCUT2D eigenvalue weighted by molar-refractivity contribution is 6.30. The third kappa shape index (κ3) is 4.93. The van der Waals surface area contributed by atoms with Gasteiger partial charge in [-0.05, 0) is 30.7 Å². The molecule has 0 spiro atoms. The molecule has 4 nitrogen and oxygen atoms in total. The van der Waals surface area contributed by atoms with Crippen LogP contribution in [0.25, 0.3) is 0 Å². The number of nitrogens with zero attached hydrogens (tertiary/aromatic N) is 1. The summed E-state index contributed by atoms with van der Waals surface area (Å²) in [4.78, 5) is 15.6. The Bertz CT molecular complexity index is 749. The van der Waals surface area contributed by atoms with E-state index < -0.39 is 17.9 Å². The van der Waals surface area contributed by atoms with Gasteiger partial charge in [-0.25, -0.2) is 4.98 Å². The number of nitrogens with one attached hydrogen (secondary N) is 1. The first-order valence-electron chi connectivity index (χ1n) is 7.34. The number of ether oxygens (including phenoxy) is 1. The van der Waals surface area contributed by atoms with Crippen molar-refractivity contribution in [3.63, 3.8) is 0 Å². The number of aromatic nitrogens is 1. The van der Waals surface area contributed by atoms with Gasteiger partial charge >= 0.3 is 6.18 Å². The van der Waals surface area contributed by atoms with E-state index >= 15 is 0 Å². The largest absolute Gasteiger partial charge is 0.433 e. The van der Waals surface area contributed by atoms with E-state index in [1.54, 1.807) is 38.3 Å². The number of alkyl halides is 3. The lowest BCUT2D eigenvalue weighted by Gasteiger charge is -2.16. The van der Waals surface area contributed by atoms with Crippen molar-refractivity contribution in [2.24, 2.45) is 0 Å². The van der Waals surface area contributed by atoms with E-state index in [2.05, 4.69) is 10.3 Å². The third-order valence-corrected chi connectivity index (χ3v) is 3.81. The average Bonchev–Trinajstić information content (AvgIpc) is 2.54. The van der Waals surface area contributed by atoms with Gasteiger partial charge in [-0.2, -0.15) is 13.2 Å². The zero-order valence-corrected chi connectivity index (χ0v) is 14.3. The molecular weight excluding hydrogens is 357 g/mol. The fourth-order valence-corrected chi connectivity index (χ4v) is 2.52. The van der Waals surface area contributed by atoms with Crippen LogP contribution >= 0.6 is 11.6 Å². The lowest BCUT2D eigenvalue weighted by atomic mass is 10.1. The van der Waals surface area contributed by atoms with E-state index in [1.165, 1.54) is 6.07 Å². The first-order chi connectivity index (χ1) is 11.7. The van der Waals surface area contributed by atoms with Gasteiger partial charge in [0.2, 0.25) is 0 Å². The molecule has 0 aliphatic rings. The van der Waals surface area contributed by atoms with Crippen molar-refractivity contribution in [2.45, 2.75) is 25.7 Å². The second-order valence-electron chi connectivity index (χ2n) is 5.40. The molecule has 1 heterocycles. The zero-order chi connectivity index (χ0) is 18.6. The number of methoxy groups -OCH3 is 1. The van der Waals surface area contributed by atoms with Crippen LogP contribution in [0.15, 0.2) is 36.4 Å². The first kappa shape index (κ1) is 19.2. The number of pyridine rings is 1. The fraction of sp³-hybridized carbons (Fsp3) is 0.294. The summed E-state index contributed by atoms with van der Waals surface area (Å²) < 4.78 is 42.9. The highest BCUT2D eigenvalue weighted by atomic mass is 35.5. The first-order valence-corrected chi connectivity index (χ1v) is 7.72. The Morgan fingerprint density at radius 3 is 2.40 bits per heavy atom. The maximum absolute atomic E-state index is 12.6. The van der Waals surface area contributed by atoms with Gasteiger partial charge in [0.25, 0.3) is 5.91 Å². The molecule has 8 heteroatoms. The summed E-state index contributed by atoms with van der Waals surface area (Å²) in [5, 5.41) is 2.39. The molecule has 134 valence electrons. The smallest absolute Gasteiger partial charge is 0.380 e. The van der Waals surface area contributed by atoms with Crippen LogP contribution in [0.3, 0.4) is 0 Å². The topological polar surface area (TPSA) is 51.2 Å². The van der Waals surface area contributed by atoms with Gasteiger partial charge in [0, 0.05) is 18.2 Å². The SMILES string of the molecule is COCc1ccc(C(=O)NC(C)c2ccc(C(F)(F)F)nc2Cl)cc1. The Balaban J connectivity index is 2.10. The van der Waals surface area contributed by atoms with Crippen LogP contribution in [-0.4, -0.2) is 18.0 Å². The van der Waals surface area contributed by atoms with Gasteiger partial charge in [-0.1, -0.05) is 29.8 Å². The molecule has 2 aromatic rings. The molecule has 0 aliphatic carbocycles. The summed E-state index contributed by atoms with van der Waals surface area (Å²) in [5.41, 5.74) is 0.567. The van der Waals surface area contributed by atoms with Crippen molar-refractivity contribution in [1.29, 1.82) is 0 Å². The molecule has 2 rings (SSSR count). The standard InChI is InChI=1S/C17H16ClF3N2O2/c1-10(13-7-8-14(17(19,20)21)23-15(13)18)22-16(24)12-5-3-11(4-6-12)9-25-2/h3-8,10H,9H2,1-2H3,(H,22,24). The van der Waals surface area contributed by atoms with Crippen LogP contribution in [0.5, 0.6) is 0 Å². The van der Waals surface area contributed by atoms with Crippen LogP contribution < -0.4 is 5.32 Å². The predicted molar refractivity (Wildman–Crippen MR) is 87.3 cm³/mol. The molecule has 0 saturated carbocycles. The number of benzene rings is 1. The molecule has 25 heavy (non-hydrogen) atoms. The highest BCUT2D eigenvalue weighted by Crippen LogP contribution is 2.31. The summed E-state index contributed by atoms with van der Waals surface area (Å²) in [5.74, 6) is -0.368. The molecule has 0 radical (unpaired) electrons. The Morgan fingerprint density at radius 2 is 1.88 bits per heavy atom. The van der Waals surface area contributed by atoms with E-state index in [4.69, 9.17) is 16.3 Å². The minimum atomic E-state index is -4.57. The average molecular weight is 373 g/mol. The molecule has 1 N–H and O–H groups in total. The molecule has 1 aromatic heterocycles. The fourth-order valence-electron chi connectivity index (χ4n) is 2.20. The minimum absolute atomic E-state index is 0.293. The maximum Gasteiger partial charge on any atom is 0.433 e. The molecule has 1 aromatic carbocycles. The molecule has 1 amide bonds. The lowest BCUT2D eigenvalue weighted by molar-refractivity contribution is -0.141. The summed E-state index contributed by atoms with van der Waals surface area (Å²) in [6.07, 6.45) is -4.57. The Kier molecular flexibility index (Phi) is 6.02. The number of hydrogen-bond acceptors (Lipinski definition) is 3. The molecule has 0 fully saturated rings. The maximum atomic E-state index is 12.6.